The fourth-order valence-electron chi connectivity index (χ4n) is 2.69. The van der Waals surface area contributed by atoms with Crippen molar-refractivity contribution in [1.29, 1.82) is 0 Å². The third-order valence-corrected chi connectivity index (χ3v) is 3.81. The van der Waals surface area contributed by atoms with Crippen LogP contribution in [0.2, 0.25) is 0 Å². The van der Waals surface area contributed by atoms with Crippen LogP contribution in [-0.2, 0) is 15.1 Å². The maximum atomic E-state index is 12.8. The molecule has 1 aromatic carbocycles. The highest BCUT2D eigenvalue weighted by Crippen LogP contribution is 2.29. The first-order valence-corrected chi connectivity index (χ1v) is 6.87. The molecule has 2 atom stereocenters. The lowest BCUT2D eigenvalue weighted by Gasteiger charge is -2.44. The Morgan fingerprint density at radius 3 is 2.43 bits per heavy atom. The number of alkyl halides is 2. The summed E-state index contributed by atoms with van der Waals surface area (Å²) in [7, 11) is 0. The Kier molecular flexibility index (Phi) is 4.25. The fraction of sp³-hybridized carbons (Fsp3) is 0.467. The average Bonchev–Trinajstić information content (AvgIpc) is 2.45. The van der Waals surface area contributed by atoms with Crippen LogP contribution in [0, 0.1) is 0 Å². The zero-order valence-corrected chi connectivity index (χ0v) is 12.0. The first-order chi connectivity index (χ1) is 9.90. The Balaban J connectivity index is 2.41. The number of piperazine rings is 1. The number of hydrogen-bond acceptors (Lipinski definition) is 2. The van der Waals surface area contributed by atoms with Gasteiger partial charge in [-0.15, -0.1) is 0 Å². The van der Waals surface area contributed by atoms with Gasteiger partial charge in [0.1, 0.15) is 11.6 Å². The van der Waals surface area contributed by atoms with Crippen molar-refractivity contribution in [2.45, 2.75) is 38.3 Å². The zero-order valence-electron chi connectivity index (χ0n) is 12.0. The lowest BCUT2D eigenvalue weighted by molar-refractivity contribution is -0.157. The van der Waals surface area contributed by atoms with E-state index in [2.05, 4.69) is 5.32 Å². The van der Waals surface area contributed by atoms with Crippen molar-refractivity contribution in [2.24, 2.45) is 0 Å². The van der Waals surface area contributed by atoms with Crippen molar-refractivity contribution < 1.29 is 18.4 Å². The molecule has 0 radical (unpaired) electrons. The average molecular weight is 296 g/mol. The topological polar surface area (TPSA) is 49.4 Å². The van der Waals surface area contributed by atoms with Crippen LogP contribution in [-0.4, -0.2) is 35.7 Å². The molecule has 1 heterocycles. The van der Waals surface area contributed by atoms with Gasteiger partial charge < -0.3 is 10.2 Å². The Labute approximate surface area is 122 Å². The normalized spacial score (nSPS) is 26.1. The van der Waals surface area contributed by atoms with Crippen LogP contribution in [0.5, 0.6) is 0 Å². The number of benzene rings is 1. The third kappa shape index (κ3) is 2.75. The molecule has 2 rings (SSSR count). The molecular weight excluding hydrogens is 278 g/mol. The number of carbonyl (C=O) groups excluding carboxylic acids is 2. The summed E-state index contributed by atoms with van der Waals surface area (Å²) in [5, 5.41) is 2.69. The summed E-state index contributed by atoms with van der Waals surface area (Å²) in [5.41, 5.74) is -0.726. The van der Waals surface area contributed by atoms with Gasteiger partial charge in [0, 0.05) is 0 Å². The summed E-state index contributed by atoms with van der Waals surface area (Å²) in [5.74, 6) is -0.899. The summed E-state index contributed by atoms with van der Waals surface area (Å²) >= 11 is 0. The summed E-state index contributed by atoms with van der Waals surface area (Å²) in [6.45, 7) is 2.52. The number of halogens is 2. The van der Waals surface area contributed by atoms with E-state index in [1.54, 1.807) is 44.2 Å². The van der Waals surface area contributed by atoms with Crippen molar-refractivity contribution in [3.8, 4) is 0 Å². The van der Waals surface area contributed by atoms with Crippen molar-refractivity contribution >= 4 is 11.8 Å². The largest absolute Gasteiger partial charge is 0.336 e. The molecular formula is C15H18F2N2O2. The minimum atomic E-state index is -2.67. The molecule has 1 aromatic rings. The van der Waals surface area contributed by atoms with Crippen molar-refractivity contribution in [2.75, 3.05) is 6.54 Å². The van der Waals surface area contributed by atoms with Gasteiger partial charge in [0.15, 0.2) is 0 Å². The molecule has 114 valence electrons. The number of nitrogens with one attached hydrogen (secondary N) is 1. The van der Waals surface area contributed by atoms with E-state index >= 15 is 0 Å². The number of carbonyl (C=O) groups is 2. The lowest BCUT2D eigenvalue weighted by atomic mass is 9.86. The van der Waals surface area contributed by atoms with Gasteiger partial charge in [-0.3, -0.25) is 9.59 Å². The molecule has 1 aliphatic heterocycles. The first-order valence-electron chi connectivity index (χ1n) is 6.87. The molecule has 1 N–H and O–H groups in total. The van der Waals surface area contributed by atoms with Crippen LogP contribution in [0.3, 0.4) is 0 Å². The highest BCUT2D eigenvalue weighted by atomic mass is 19.3. The molecule has 1 saturated heterocycles. The first kappa shape index (κ1) is 15.4. The van der Waals surface area contributed by atoms with E-state index in [0.717, 1.165) is 4.90 Å². The molecule has 2 amide bonds. The molecule has 4 nitrogen and oxygen atoms in total. The second-order valence-corrected chi connectivity index (χ2v) is 5.25. The van der Waals surface area contributed by atoms with E-state index in [9.17, 15) is 18.4 Å². The fourth-order valence-corrected chi connectivity index (χ4v) is 2.69. The van der Waals surface area contributed by atoms with Crippen molar-refractivity contribution in [3.63, 3.8) is 0 Å². The summed E-state index contributed by atoms with van der Waals surface area (Å²) in [6.07, 6.45) is -2.37. The molecule has 0 spiro atoms. The minimum absolute atomic E-state index is 0.301. The Hall–Kier alpha value is -1.98. The van der Waals surface area contributed by atoms with Crippen LogP contribution in [0.25, 0.3) is 0 Å². The van der Waals surface area contributed by atoms with Gasteiger partial charge in [-0.2, -0.15) is 0 Å². The van der Waals surface area contributed by atoms with Gasteiger partial charge >= 0.3 is 0 Å². The molecule has 2 unspecified atom stereocenters. The standard InChI is InChI=1S/C15H18F2N2O2/c1-3-11-13(20)18-15(2,10-7-5-4-6-8-10)14(21)19(11)9-12(16)17/h4-8,11-12H,3,9H2,1-2H3,(H,18,20). The molecule has 1 fully saturated rings. The summed E-state index contributed by atoms with van der Waals surface area (Å²) in [6, 6.07) is 7.82. The van der Waals surface area contributed by atoms with Crippen molar-refractivity contribution in [1.82, 2.24) is 10.2 Å². The van der Waals surface area contributed by atoms with Gasteiger partial charge in [-0.25, -0.2) is 8.78 Å². The molecule has 0 bridgehead atoms. The summed E-state index contributed by atoms with van der Waals surface area (Å²) in [4.78, 5) is 25.9. The quantitative estimate of drug-likeness (QED) is 0.922. The van der Waals surface area contributed by atoms with Crippen LogP contribution < -0.4 is 5.32 Å². The van der Waals surface area contributed by atoms with Gasteiger partial charge in [0.05, 0.1) is 6.54 Å². The second-order valence-electron chi connectivity index (χ2n) is 5.25. The molecule has 1 aliphatic rings. The number of amides is 2. The van der Waals surface area contributed by atoms with Gasteiger partial charge in [0.25, 0.3) is 12.3 Å². The zero-order chi connectivity index (χ0) is 15.6. The van der Waals surface area contributed by atoms with E-state index < -0.39 is 36.4 Å². The van der Waals surface area contributed by atoms with E-state index in [0.29, 0.717) is 12.0 Å². The minimum Gasteiger partial charge on any atom is -0.336 e. The summed E-state index contributed by atoms with van der Waals surface area (Å²) < 4.78 is 25.5. The van der Waals surface area contributed by atoms with Crippen LogP contribution in [0.4, 0.5) is 8.78 Å². The second kappa shape index (κ2) is 5.79. The molecule has 0 saturated carbocycles. The monoisotopic (exact) mass is 296 g/mol. The maximum absolute atomic E-state index is 12.8. The smallest absolute Gasteiger partial charge is 0.255 e. The third-order valence-electron chi connectivity index (χ3n) is 3.81. The van der Waals surface area contributed by atoms with E-state index in [-0.39, 0.29) is 0 Å². The van der Waals surface area contributed by atoms with Crippen molar-refractivity contribution in [3.05, 3.63) is 35.9 Å². The van der Waals surface area contributed by atoms with Crippen LogP contribution >= 0.6 is 0 Å². The number of rotatable bonds is 4. The maximum Gasteiger partial charge on any atom is 0.255 e. The molecule has 0 aromatic heterocycles. The lowest BCUT2D eigenvalue weighted by Crippen LogP contribution is -2.68. The molecule has 21 heavy (non-hydrogen) atoms. The van der Waals surface area contributed by atoms with E-state index in [1.165, 1.54) is 0 Å². The van der Waals surface area contributed by atoms with Crippen LogP contribution in [0.1, 0.15) is 25.8 Å². The van der Waals surface area contributed by atoms with Crippen LogP contribution in [0.15, 0.2) is 30.3 Å². The van der Waals surface area contributed by atoms with E-state index in [4.69, 9.17) is 0 Å². The Morgan fingerprint density at radius 1 is 1.29 bits per heavy atom. The van der Waals surface area contributed by atoms with Gasteiger partial charge in [-0.05, 0) is 18.9 Å². The molecule has 6 heteroatoms. The SMILES string of the molecule is CCC1C(=O)NC(C)(c2ccccc2)C(=O)N1CC(F)F. The Bertz CT molecular complexity index is 536. The van der Waals surface area contributed by atoms with Gasteiger partial charge in [0.2, 0.25) is 5.91 Å². The number of nitrogens with zero attached hydrogens (tertiary/aromatic N) is 1. The Morgan fingerprint density at radius 2 is 1.90 bits per heavy atom. The predicted octanol–water partition coefficient (Wildman–Crippen LogP) is 1.90. The highest BCUT2D eigenvalue weighted by molar-refractivity contribution is 6.00. The van der Waals surface area contributed by atoms with E-state index in [1.807, 2.05) is 0 Å². The molecule has 0 aliphatic carbocycles. The van der Waals surface area contributed by atoms with Gasteiger partial charge in [-0.1, -0.05) is 37.3 Å². The highest BCUT2D eigenvalue weighted by Gasteiger charge is 2.48. The number of hydrogen-bond donors (Lipinski definition) is 1. The predicted molar refractivity (Wildman–Crippen MR) is 73.7 cm³/mol.